The molecule has 0 saturated heterocycles. The number of benzene rings is 1. The number of rotatable bonds is 6. The monoisotopic (exact) mass is 493 g/mol. The Balaban J connectivity index is 1.88. The summed E-state index contributed by atoms with van der Waals surface area (Å²) in [5.74, 6) is -2.55. The maximum absolute atomic E-state index is 12.9. The average molecular weight is 494 g/mol. The topological polar surface area (TPSA) is 152 Å². The molecule has 4 rings (SSSR count). The summed E-state index contributed by atoms with van der Waals surface area (Å²) in [7, 11) is 3.10. The van der Waals surface area contributed by atoms with Gasteiger partial charge in [0.1, 0.15) is 29.5 Å². The normalized spacial score (nSPS) is 12.7. The zero-order valence-electron chi connectivity index (χ0n) is 18.9. The summed E-state index contributed by atoms with van der Waals surface area (Å²) in [6.07, 6.45) is 4.03. The van der Waals surface area contributed by atoms with Gasteiger partial charge >= 0.3 is 0 Å². The minimum absolute atomic E-state index is 0.195. The highest BCUT2D eigenvalue weighted by Crippen LogP contribution is 2.41. The van der Waals surface area contributed by atoms with Gasteiger partial charge in [0.25, 0.3) is 11.5 Å². The van der Waals surface area contributed by atoms with Gasteiger partial charge in [-0.2, -0.15) is 10.4 Å². The van der Waals surface area contributed by atoms with Crippen molar-refractivity contribution >= 4 is 23.2 Å². The number of nitrogens with one attached hydrogen (secondary N) is 1. The molecule has 0 spiro atoms. The van der Waals surface area contributed by atoms with Gasteiger partial charge in [0.05, 0.1) is 12.4 Å². The van der Waals surface area contributed by atoms with Gasteiger partial charge in [-0.05, 0) is 11.6 Å². The van der Waals surface area contributed by atoms with Gasteiger partial charge in [-0.3, -0.25) is 18.8 Å². The summed E-state index contributed by atoms with van der Waals surface area (Å²) >= 11 is 6.54. The fraction of sp³-hybridized carbons (Fsp3) is 0.217. The van der Waals surface area contributed by atoms with Crippen molar-refractivity contribution in [3.8, 4) is 11.8 Å². The smallest absolute Gasteiger partial charge is 0.296 e. The van der Waals surface area contributed by atoms with Crippen LogP contribution in [0.3, 0.4) is 0 Å². The fourth-order valence-electron chi connectivity index (χ4n) is 4.03. The second-order valence-electron chi connectivity index (χ2n) is 7.87. The highest BCUT2D eigenvalue weighted by atomic mass is 35.5. The molecule has 0 aliphatic heterocycles. The van der Waals surface area contributed by atoms with Crippen LogP contribution in [-0.4, -0.2) is 35.5 Å². The predicted molar refractivity (Wildman–Crippen MR) is 125 cm³/mol. The summed E-state index contributed by atoms with van der Waals surface area (Å²) in [6, 6.07) is 9.29. The molecular formula is C23H20ClN7O4. The van der Waals surface area contributed by atoms with Crippen molar-refractivity contribution in [1.82, 2.24) is 24.5 Å². The van der Waals surface area contributed by atoms with E-state index in [4.69, 9.17) is 16.1 Å². The number of halogens is 1. The number of amides is 1. The third kappa shape index (κ3) is 4.27. The molecule has 0 aliphatic carbocycles. The molecule has 3 aromatic heterocycles. The van der Waals surface area contributed by atoms with Crippen LogP contribution in [-0.2, 0) is 14.1 Å². The fourth-order valence-corrected chi connectivity index (χ4v) is 4.28. The lowest BCUT2D eigenvalue weighted by Crippen LogP contribution is -2.29. The number of carbonyl (C=O) groups excluding carboxylic acids is 1. The summed E-state index contributed by atoms with van der Waals surface area (Å²) in [4.78, 5) is 30.1. The van der Waals surface area contributed by atoms with E-state index < -0.39 is 34.7 Å². The van der Waals surface area contributed by atoms with Crippen molar-refractivity contribution < 1.29 is 14.4 Å². The Morgan fingerprint density at radius 3 is 2.66 bits per heavy atom. The summed E-state index contributed by atoms with van der Waals surface area (Å²) in [5.41, 5.74) is 0.547. The first-order valence-corrected chi connectivity index (χ1v) is 10.8. The van der Waals surface area contributed by atoms with E-state index in [0.717, 1.165) is 0 Å². The van der Waals surface area contributed by atoms with Gasteiger partial charge in [-0.1, -0.05) is 41.9 Å². The molecule has 178 valence electrons. The Hall–Kier alpha value is -4.43. The van der Waals surface area contributed by atoms with E-state index in [2.05, 4.69) is 26.6 Å². The van der Waals surface area contributed by atoms with Crippen LogP contribution in [0.15, 0.2) is 52.2 Å². The maximum Gasteiger partial charge on any atom is 0.296 e. The number of carbonyl (C=O) groups is 1. The standard InChI is InChI=1S/C23H20ClN7O4/c1-12(18(14-6-4-5-7-16(14)24)15-10-26-31(3)17(15)8-25)21-29-19(20(32)23(34)30(21)2)22(33)28-13-9-27-35-11-13/h4-7,9-12,18,32H,1-3H3,(H,28,33)/t12-,18+/m1/s1. The molecule has 35 heavy (non-hydrogen) atoms. The van der Waals surface area contributed by atoms with E-state index in [1.807, 2.05) is 12.1 Å². The van der Waals surface area contributed by atoms with Gasteiger partial charge in [-0.15, -0.1) is 0 Å². The molecule has 2 atom stereocenters. The zero-order valence-corrected chi connectivity index (χ0v) is 19.7. The Morgan fingerprint density at radius 2 is 2.00 bits per heavy atom. The van der Waals surface area contributed by atoms with E-state index in [1.54, 1.807) is 32.3 Å². The zero-order chi connectivity index (χ0) is 25.3. The summed E-state index contributed by atoms with van der Waals surface area (Å²) in [5, 5.41) is 30.8. The number of anilines is 1. The molecule has 12 heteroatoms. The molecule has 1 aromatic carbocycles. The highest BCUT2D eigenvalue weighted by molar-refractivity contribution is 6.31. The van der Waals surface area contributed by atoms with E-state index in [1.165, 1.54) is 28.8 Å². The molecule has 3 heterocycles. The van der Waals surface area contributed by atoms with Crippen molar-refractivity contribution in [2.75, 3.05) is 5.32 Å². The van der Waals surface area contributed by atoms with Gasteiger partial charge in [0.2, 0.25) is 5.75 Å². The lowest BCUT2D eigenvalue weighted by Gasteiger charge is -2.26. The minimum atomic E-state index is -0.815. The van der Waals surface area contributed by atoms with E-state index >= 15 is 0 Å². The maximum atomic E-state index is 12.9. The minimum Gasteiger partial charge on any atom is -0.501 e. The summed E-state index contributed by atoms with van der Waals surface area (Å²) < 4.78 is 7.31. The lowest BCUT2D eigenvalue weighted by molar-refractivity contribution is 0.101. The molecule has 11 nitrogen and oxygen atoms in total. The van der Waals surface area contributed by atoms with Crippen LogP contribution in [0.1, 0.15) is 51.9 Å². The first kappa shape index (κ1) is 23.7. The third-order valence-corrected chi connectivity index (χ3v) is 6.11. The number of nitriles is 1. The van der Waals surface area contributed by atoms with Crippen LogP contribution in [0.5, 0.6) is 5.75 Å². The Kier molecular flexibility index (Phi) is 6.40. The van der Waals surface area contributed by atoms with Crippen molar-refractivity contribution in [3.05, 3.63) is 86.6 Å². The second-order valence-corrected chi connectivity index (χ2v) is 8.28. The quantitative estimate of drug-likeness (QED) is 0.416. The molecule has 0 fully saturated rings. The van der Waals surface area contributed by atoms with Crippen molar-refractivity contribution in [2.45, 2.75) is 18.8 Å². The first-order chi connectivity index (χ1) is 16.7. The number of nitrogens with zero attached hydrogens (tertiary/aromatic N) is 6. The van der Waals surface area contributed by atoms with Crippen LogP contribution < -0.4 is 10.9 Å². The average Bonchev–Trinajstić information content (AvgIpc) is 3.48. The van der Waals surface area contributed by atoms with Crippen LogP contribution >= 0.6 is 11.6 Å². The lowest BCUT2D eigenvalue weighted by atomic mass is 9.81. The predicted octanol–water partition coefficient (Wildman–Crippen LogP) is 2.92. The molecule has 0 bridgehead atoms. The van der Waals surface area contributed by atoms with E-state index in [9.17, 15) is 20.0 Å². The summed E-state index contributed by atoms with van der Waals surface area (Å²) in [6.45, 7) is 1.79. The van der Waals surface area contributed by atoms with Crippen LogP contribution in [0.25, 0.3) is 0 Å². The molecular weight excluding hydrogens is 474 g/mol. The largest absolute Gasteiger partial charge is 0.501 e. The molecule has 2 N–H and O–H groups in total. The van der Waals surface area contributed by atoms with Crippen LogP contribution in [0.2, 0.25) is 5.02 Å². The number of hydrogen-bond acceptors (Lipinski definition) is 8. The number of aromatic nitrogens is 5. The molecule has 0 aliphatic rings. The first-order valence-electron chi connectivity index (χ1n) is 10.4. The van der Waals surface area contributed by atoms with Gasteiger partial charge in [-0.25, -0.2) is 4.98 Å². The highest BCUT2D eigenvalue weighted by Gasteiger charge is 2.33. The Labute approximate surface area is 204 Å². The van der Waals surface area contributed by atoms with Crippen molar-refractivity contribution in [3.63, 3.8) is 0 Å². The third-order valence-electron chi connectivity index (χ3n) is 5.76. The number of aryl methyl sites for hydroxylation is 1. The Bertz CT molecular complexity index is 1500. The van der Waals surface area contributed by atoms with Crippen molar-refractivity contribution in [2.24, 2.45) is 14.1 Å². The number of hydrogen-bond donors (Lipinski definition) is 2. The van der Waals surface area contributed by atoms with E-state index in [0.29, 0.717) is 21.8 Å². The van der Waals surface area contributed by atoms with Crippen molar-refractivity contribution in [1.29, 1.82) is 5.26 Å². The van der Waals surface area contributed by atoms with Gasteiger partial charge < -0.3 is 14.9 Å². The van der Waals surface area contributed by atoms with Gasteiger partial charge in [0.15, 0.2) is 5.69 Å². The molecule has 0 unspecified atom stereocenters. The Morgan fingerprint density at radius 1 is 1.26 bits per heavy atom. The van der Waals surface area contributed by atoms with Crippen LogP contribution in [0.4, 0.5) is 5.69 Å². The number of aromatic hydroxyl groups is 1. The molecule has 0 saturated carbocycles. The van der Waals surface area contributed by atoms with Crippen LogP contribution in [0, 0.1) is 11.3 Å². The SMILES string of the molecule is C[C@@H](c1nc(C(=O)Nc2cnoc2)c(O)c(=O)n1C)[C@@H](c1ccccc1Cl)c1cnn(C)c1C#N. The second kappa shape index (κ2) is 9.44. The molecule has 0 radical (unpaired) electrons. The van der Waals surface area contributed by atoms with E-state index in [-0.39, 0.29) is 11.5 Å². The molecule has 4 aromatic rings. The molecule has 1 amide bonds. The van der Waals surface area contributed by atoms with Gasteiger partial charge in [0, 0.05) is 36.5 Å².